The molecule has 1 saturated carbocycles. The molecule has 6 nitrogen and oxygen atoms in total. The van der Waals surface area contributed by atoms with E-state index in [1.54, 1.807) is 4.90 Å². The monoisotopic (exact) mass is 456 g/mol. The van der Waals surface area contributed by atoms with Gasteiger partial charge in [-0.2, -0.15) is 11.8 Å². The topological polar surface area (TPSA) is 67.2 Å². The minimum Gasteiger partial charge on any atom is -0.351 e. The zero-order valence-corrected chi connectivity index (χ0v) is 20.4. The van der Waals surface area contributed by atoms with Crippen molar-refractivity contribution in [3.8, 4) is 0 Å². The molecule has 1 N–H and O–H groups in total. The van der Waals surface area contributed by atoms with Gasteiger partial charge in [-0.25, -0.2) is 4.98 Å². The van der Waals surface area contributed by atoms with Gasteiger partial charge >= 0.3 is 0 Å². The first kappa shape index (κ1) is 23.1. The minimum atomic E-state index is -0.930. The van der Waals surface area contributed by atoms with Crippen LogP contribution < -0.4 is 5.32 Å². The van der Waals surface area contributed by atoms with Gasteiger partial charge in [0.25, 0.3) is 5.91 Å². The highest BCUT2D eigenvalue weighted by atomic mass is 32.2. The van der Waals surface area contributed by atoms with Gasteiger partial charge in [-0.15, -0.1) is 0 Å². The molecule has 3 atom stereocenters. The number of nitrogens with one attached hydrogen (secondary N) is 1. The van der Waals surface area contributed by atoms with E-state index in [0.717, 1.165) is 54.6 Å². The Morgan fingerprint density at radius 2 is 2.03 bits per heavy atom. The average molecular weight is 457 g/mol. The van der Waals surface area contributed by atoms with Crippen LogP contribution in [-0.2, 0) is 11.3 Å². The lowest BCUT2D eigenvalue weighted by atomic mass is 9.85. The third kappa shape index (κ3) is 4.41. The van der Waals surface area contributed by atoms with Crippen molar-refractivity contribution in [2.45, 2.75) is 77.4 Å². The van der Waals surface area contributed by atoms with Crippen LogP contribution in [0.25, 0.3) is 11.0 Å². The molecule has 2 heterocycles. The van der Waals surface area contributed by atoms with E-state index < -0.39 is 5.54 Å². The van der Waals surface area contributed by atoms with E-state index in [1.807, 2.05) is 47.5 Å². The largest absolute Gasteiger partial charge is 0.351 e. The van der Waals surface area contributed by atoms with E-state index >= 15 is 0 Å². The number of fused-ring (bicyclic) bond motifs is 3. The van der Waals surface area contributed by atoms with Crippen LogP contribution >= 0.6 is 11.8 Å². The average Bonchev–Trinajstić information content (AvgIpc) is 3.15. The smallest absolute Gasteiger partial charge is 0.290 e. The molecule has 0 unspecified atom stereocenters. The molecule has 174 valence electrons. The molecular formula is C25H36N4O2S. The van der Waals surface area contributed by atoms with Crippen LogP contribution in [0, 0.1) is 5.92 Å². The van der Waals surface area contributed by atoms with Crippen LogP contribution in [0.3, 0.4) is 0 Å². The molecule has 0 saturated heterocycles. The summed E-state index contributed by atoms with van der Waals surface area (Å²) in [4.78, 5) is 33.8. The quantitative estimate of drug-likeness (QED) is 0.595. The summed E-state index contributed by atoms with van der Waals surface area (Å²) in [5.74, 6) is 2.87. The first-order valence-electron chi connectivity index (χ1n) is 12.1. The van der Waals surface area contributed by atoms with Crippen LogP contribution in [0.5, 0.6) is 0 Å². The number of carbonyl (C=O) groups is 2. The Morgan fingerprint density at radius 1 is 1.25 bits per heavy atom. The van der Waals surface area contributed by atoms with Crippen molar-refractivity contribution in [3.63, 3.8) is 0 Å². The number of amides is 2. The summed E-state index contributed by atoms with van der Waals surface area (Å²) in [6.07, 6.45) is 6.57. The molecule has 2 aliphatic rings. The van der Waals surface area contributed by atoms with Gasteiger partial charge in [0.15, 0.2) is 5.82 Å². The van der Waals surface area contributed by atoms with Gasteiger partial charge in [-0.1, -0.05) is 38.8 Å². The fourth-order valence-corrected chi connectivity index (χ4v) is 5.93. The van der Waals surface area contributed by atoms with Crippen LogP contribution in [0.2, 0.25) is 0 Å². The predicted molar refractivity (Wildman–Crippen MR) is 131 cm³/mol. The van der Waals surface area contributed by atoms with Crippen molar-refractivity contribution in [1.82, 2.24) is 19.8 Å². The molecular weight excluding hydrogens is 420 g/mol. The lowest BCUT2D eigenvalue weighted by molar-refractivity contribution is -0.134. The van der Waals surface area contributed by atoms with Gasteiger partial charge in [-0.05, 0) is 62.2 Å². The summed E-state index contributed by atoms with van der Waals surface area (Å²) in [6.45, 7) is 7.35. The number of carbonyl (C=O) groups excluding carboxylic acids is 2. The van der Waals surface area contributed by atoms with E-state index in [1.165, 1.54) is 6.42 Å². The Balaban J connectivity index is 1.62. The lowest BCUT2D eigenvalue weighted by Gasteiger charge is -2.44. The van der Waals surface area contributed by atoms with Crippen molar-refractivity contribution < 1.29 is 9.59 Å². The predicted octanol–water partition coefficient (Wildman–Crippen LogP) is 4.48. The van der Waals surface area contributed by atoms with Gasteiger partial charge in [-0.3, -0.25) is 9.59 Å². The molecule has 1 aromatic carbocycles. The van der Waals surface area contributed by atoms with Crippen molar-refractivity contribution >= 4 is 34.6 Å². The van der Waals surface area contributed by atoms with Gasteiger partial charge in [0, 0.05) is 12.6 Å². The Labute approximate surface area is 195 Å². The molecule has 2 amide bonds. The van der Waals surface area contributed by atoms with Gasteiger partial charge in [0.2, 0.25) is 5.91 Å². The zero-order chi connectivity index (χ0) is 22.7. The lowest BCUT2D eigenvalue weighted by Crippen LogP contribution is -2.65. The number of nitrogens with zero attached hydrogens (tertiary/aromatic N) is 3. The van der Waals surface area contributed by atoms with E-state index in [0.29, 0.717) is 24.8 Å². The third-order valence-electron chi connectivity index (χ3n) is 7.09. The molecule has 1 aliphatic carbocycles. The number of benzene rings is 1. The van der Waals surface area contributed by atoms with E-state index in [-0.39, 0.29) is 17.9 Å². The standard InChI is InChI=1S/C25H36N4O2S/c1-4-15-32-16-9-14-29-23(30)22-26-20-12-7-8-13-21(20)28(22)17-25(29,3)24(31)27-19-11-6-5-10-18(19)2/h7-8,12-13,18-19H,4-6,9-11,14-17H2,1-3H3,(H,27,31)/t18-,19-,25-/m1/s1. The highest BCUT2D eigenvalue weighted by molar-refractivity contribution is 7.99. The Kier molecular flexibility index (Phi) is 7.13. The second-order valence-electron chi connectivity index (χ2n) is 9.55. The number of aromatic nitrogens is 2. The maximum Gasteiger partial charge on any atom is 0.290 e. The Hall–Kier alpha value is -2.02. The summed E-state index contributed by atoms with van der Waals surface area (Å²) in [5, 5.41) is 3.34. The number of rotatable bonds is 8. The molecule has 2 aromatic rings. The fourth-order valence-electron chi connectivity index (χ4n) is 5.11. The Bertz CT molecular complexity index is 974. The number of para-hydroxylation sites is 2. The van der Waals surface area contributed by atoms with Crippen molar-refractivity contribution in [2.24, 2.45) is 5.92 Å². The van der Waals surface area contributed by atoms with Crippen LogP contribution in [0.4, 0.5) is 0 Å². The molecule has 0 spiro atoms. The summed E-state index contributed by atoms with van der Waals surface area (Å²) in [5.41, 5.74) is 0.791. The first-order chi connectivity index (χ1) is 15.5. The second-order valence-corrected chi connectivity index (χ2v) is 10.8. The second kappa shape index (κ2) is 9.86. The normalized spacial score (nSPS) is 25.7. The first-order valence-corrected chi connectivity index (χ1v) is 13.3. The molecule has 1 fully saturated rings. The molecule has 0 bridgehead atoms. The molecule has 0 radical (unpaired) electrons. The summed E-state index contributed by atoms with van der Waals surface area (Å²) in [6, 6.07) is 8.00. The highest BCUT2D eigenvalue weighted by Gasteiger charge is 2.48. The summed E-state index contributed by atoms with van der Waals surface area (Å²) < 4.78 is 1.95. The molecule has 7 heteroatoms. The highest BCUT2D eigenvalue weighted by Crippen LogP contribution is 2.32. The fraction of sp³-hybridized carbons (Fsp3) is 0.640. The van der Waals surface area contributed by atoms with Crippen molar-refractivity contribution in [2.75, 3.05) is 18.1 Å². The maximum absolute atomic E-state index is 13.7. The van der Waals surface area contributed by atoms with E-state index in [4.69, 9.17) is 0 Å². The molecule has 32 heavy (non-hydrogen) atoms. The van der Waals surface area contributed by atoms with E-state index in [2.05, 4.69) is 24.1 Å². The summed E-state index contributed by atoms with van der Waals surface area (Å²) >= 11 is 1.91. The number of thioether (sulfide) groups is 1. The maximum atomic E-state index is 13.7. The SMILES string of the molecule is CCCSCCCN1C(=O)c2nc3ccccc3n2C[C@]1(C)C(=O)N[C@@H]1CCCC[C@H]1C. The number of imidazole rings is 1. The van der Waals surface area contributed by atoms with Gasteiger partial charge in [0.05, 0.1) is 17.6 Å². The van der Waals surface area contributed by atoms with E-state index in [9.17, 15) is 9.59 Å². The van der Waals surface area contributed by atoms with Gasteiger partial charge in [0.1, 0.15) is 5.54 Å². The number of hydrogen-bond donors (Lipinski definition) is 1. The summed E-state index contributed by atoms with van der Waals surface area (Å²) in [7, 11) is 0. The molecule has 1 aliphatic heterocycles. The third-order valence-corrected chi connectivity index (χ3v) is 8.36. The molecule has 4 rings (SSSR count). The van der Waals surface area contributed by atoms with Crippen LogP contribution in [-0.4, -0.2) is 55.9 Å². The van der Waals surface area contributed by atoms with Crippen LogP contribution in [0.1, 0.15) is 69.9 Å². The Morgan fingerprint density at radius 3 is 2.81 bits per heavy atom. The number of hydrogen-bond acceptors (Lipinski definition) is 4. The van der Waals surface area contributed by atoms with Crippen LogP contribution in [0.15, 0.2) is 24.3 Å². The van der Waals surface area contributed by atoms with Gasteiger partial charge < -0.3 is 14.8 Å². The van der Waals surface area contributed by atoms with Crippen molar-refractivity contribution in [3.05, 3.63) is 30.1 Å². The minimum absolute atomic E-state index is 0.0331. The molecule has 1 aromatic heterocycles. The zero-order valence-electron chi connectivity index (χ0n) is 19.6. The van der Waals surface area contributed by atoms with Crippen molar-refractivity contribution in [1.29, 1.82) is 0 Å².